The number of hydrogen-bond donors (Lipinski definition) is 2. The van der Waals surface area contributed by atoms with Crippen molar-refractivity contribution in [1.82, 2.24) is 0 Å². The van der Waals surface area contributed by atoms with Crippen LogP contribution in [0.25, 0.3) is 11.0 Å². The highest BCUT2D eigenvalue weighted by atomic mass is 16.7. The summed E-state index contributed by atoms with van der Waals surface area (Å²) in [6.07, 6.45) is 2.67. The van der Waals surface area contributed by atoms with Gasteiger partial charge in [0, 0.05) is 23.6 Å². The van der Waals surface area contributed by atoms with Gasteiger partial charge in [-0.15, -0.1) is 0 Å². The Morgan fingerprint density at radius 3 is 2.47 bits per heavy atom. The average molecular weight is 484 g/mol. The van der Waals surface area contributed by atoms with Crippen LogP contribution in [0.2, 0.25) is 0 Å². The molecule has 0 aliphatic carbocycles. The van der Waals surface area contributed by atoms with E-state index in [9.17, 15) is 14.7 Å². The molecule has 1 aliphatic rings. The normalized spacial score (nSPS) is 17.3. The van der Waals surface area contributed by atoms with Crippen molar-refractivity contribution in [1.29, 1.82) is 0 Å². The van der Waals surface area contributed by atoms with Crippen molar-refractivity contribution in [2.75, 3.05) is 5.32 Å². The van der Waals surface area contributed by atoms with Crippen LogP contribution in [0, 0.1) is 0 Å². The lowest BCUT2D eigenvalue weighted by atomic mass is 9.93. The van der Waals surface area contributed by atoms with E-state index in [1.165, 1.54) is 6.26 Å². The fourth-order valence-corrected chi connectivity index (χ4v) is 4.13. The van der Waals surface area contributed by atoms with Gasteiger partial charge in [0.15, 0.2) is 11.2 Å². The number of aliphatic hydroxyl groups excluding tert-OH is 1. The lowest BCUT2D eigenvalue weighted by Crippen LogP contribution is -2.30. The van der Waals surface area contributed by atoms with Gasteiger partial charge < -0.3 is 24.3 Å². The van der Waals surface area contributed by atoms with Crippen LogP contribution < -0.4 is 10.7 Å². The van der Waals surface area contributed by atoms with E-state index < -0.39 is 18.1 Å². The number of nitrogens with one attached hydrogen (secondary N) is 1. The van der Waals surface area contributed by atoms with E-state index in [0.717, 1.165) is 11.1 Å². The molecule has 0 radical (unpaired) electrons. The molecule has 0 saturated heterocycles. The maximum Gasteiger partial charge on any atom is 0.290 e. The predicted molar refractivity (Wildman–Crippen MR) is 135 cm³/mol. The summed E-state index contributed by atoms with van der Waals surface area (Å²) in [7, 11) is 0. The molecule has 0 unspecified atom stereocenters. The summed E-state index contributed by atoms with van der Waals surface area (Å²) in [5.74, 6) is -0.807. The molecule has 1 amide bonds. The number of aliphatic hydroxyl groups is 1. The van der Waals surface area contributed by atoms with Crippen molar-refractivity contribution in [3.8, 4) is 0 Å². The van der Waals surface area contributed by atoms with Crippen LogP contribution in [0.5, 0.6) is 0 Å². The second-order valence-electron chi connectivity index (χ2n) is 8.54. The van der Waals surface area contributed by atoms with Gasteiger partial charge in [0.1, 0.15) is 5.58 Å². The molecule has 2 atom stereocenters. The van der Waals surface area contributed by atoms with E-state index >= 15 is 0 Å². The molecule has 182 valence electrons. The lowest BCUT2D eigenvalue weighted by molar-refractivity contribution is -0.147. The molecule has 7 heteroatoms. The zero-order valence-corrected chi connectivity index (χ0v) is 19.4. The Bertz CT molecular complexity index is 1440. The smallest absolute Gasteiger partial charge is 0.290 e. The van der Waals surface area contributed by atoms with E-state index in [0.29, 0.717) is 28.6 Å². The van der Waals surface area contributed by atoms with E-state index in [1.54, 1.807) is 36.4 Å². The number of benzene rings is 3. The van der Waals surface area contributed by atoms with Gasteiger partial charge in [0.2, 0.25) is 6.29 Å². The number of ether oxygens (including phenoxy) is 2. The van der Waals surface area contributed by atoms with Crippen LogP contribution in [-0.2, 0) is 27.5 Å². The summed E-state index contributed by atoms with van der Waals surface area (Å²) in [5, 5.41) is 12.5. The molecular weight excluding hydrogens is 458 g/mol. The first-order chi connectivity index (χ1) is 17.6. The predicted octanol–water partition coefficient (Wildman–Crippen LogP) is 4.85. The number of fused-ring (bicyclic) bond motifs is 1. The number of hydrogen-bond acceptors (Lipinski definition) is 6. The third-order valence-corrected chi connectivity index (χ3v) is 6.06. The van der Waals surface area contributed by atoms with Crippen molar-refractivity contribution in [3.05, 3.63) is 124 Å². The minimum Gasteiger partial charge on any atom is -0.464 e. The Hall–Kier alpha value is -4.20. The molecule has 5 rings (SSSR count). The van der Waals surface area contributed by atoms with Gasteiger partial charge in [-0.05, 0) is 41.5 Å². The van der Waals surface area contributed by atoms with E-state index in [1.807, 2.05) is 48.5 Å². The molecule has 0 fully saturated rings. The maximum absolute atomic E-state index is 13.2. The van der Waals surface area contributed by atoms with Crippen LogP contribution in [0.4, 0.5) is 5.69 Å². The molecule has 4 aromatic rings. The number of rotatable bonds is 7. The molecule has 3 aromatic carbocycles. The summed E-state index contributed by atoms with van der Waals surface area (Å²) < 4.78 is 17.7. The second-order valence-corrected chi connectivity index (χ2v) is 8.54. The fraction of sp³-hybridized carbons (Fsp3) is 0.172. The molecule has 0 bridgehead atoms. The number of para-hydroxylation sites is 2. The lowest BCUT2D eigenvalue weighted by Gasteiger charge is -2.29. The Kier molecular flexibility index (Phi) is 6.93. The van der Waals surface area contributed by atoms with Crippen LogP contribution in [0.15, 0.2) is 106 Å². The Balaban J connectivity index is 1.42. The third kappa shape index (κ3) is 5.22. The van der Waals surface area contributed by atoms with E-state index in [2.05, 4.69) is 5.32 Å². The summed E-state index contributed by atoms with van der Waals surface area (Å²) >= 11 is 0. The monoisotopic (exact) mass is 483 g/mol. The van der Waals surface area contributed by atoms with Crippen LogP contribution in [0.3, 0.4) is 0 Å². The zero-order valence-electron chi connectivity index (χ0n) is 19.4. The number of anilines is 1. The van der Waals surface area contributed by atoms with Gasteiger partial charge in [-0.1, -0.05) is 54.6 Å². The van der Waals surface area contributed by atoms with Gasteiger partial charge in [0.25, 0.3) is 5.91 Å². The van der Waals surface area contributed by atoms with Crippen LogP contribution in [-0.4, -0.2) is 17.3 Å². The Morgan fingerprint density at radius 1 is 0.972 bits per heavy atom. The van der Waals surface area contributed by atoms with Crippen LogP contribution >= 0.6 is 0 Å². The summed E-state index contributed by atoms with van der Waals surface area (Å²) in [5.41, 5.74) is 3.11. The summed E-state index contributed by atoms with van der Waals surface area (Å²) in [4.78, 5) is 26.3. The number of carbonyl (C=O) groups is 1. The number of allylic oxidation sites excluding steroid dienone is 1. The number of amides is 1. The molecule has 2 heterocycles. The molecule has 7 nitrogen and oxygen atoms in total. The maximum atomic E-state index is 13.2. The Morgan fingerprint density at radius 2 is 1.69 bits per heavy atom. The highest BCUT2D eigenvalue weighted by molar-refractivity contribution is 6.02. The number of carbonyl (C=O) groups excluding carboxylic acids is 1. The van der Waals surface area contributed by atoms with Crippen molar-refractivity contribution in [2.45, 2.75) is 31.8 Å². The minimum absolute atomic E-state index is 0.0342. The van der Waals surface area contributed by atoms with Gasteiger partial charge in [0.05, 0.1) is 24.9 Å². The molecular formula is C29H25NO6. The molecule has 2 N–H and O–H groups in total. The first-order valence-electron chi connectivity index (χ1n) is 11.7. The highest BCUT2D eigenvalue weighted by Crippen LogP contribution is 2.32. The average Bonchev–Trinajstić information content (AvgIpc) is 2.93. The third-order valence-electron chi connectivity index (χ3n) is 6.06. The molecule has 0 saturated carbocycles. The van der Waals surface area contributed by atoms with E-state index in [4.69, 9.17) is 13.9 Å². The summed E-state index contributed by atoms with van der Waals surface area (Å²) in [6.45, 7) is 0.205. The minimum atomic E-state index is -0.764. The first kappa shape index (κ1) is 23.5. The largest absolute Gasteiger partial charge is 0.464 e. The first-order valence-corrected chi connectivity index (χ1v) is 11.7. The zero-order chi connectivity index (χ0) is 24.9. The topological polar surface area (TPSA) is 98.0 Å². The molecule has 1 aromatic heterocycles. The van der Waals surface area contributed by atoms with Gasteiger partial charge in [-0.3, -0.25) is 9.59 Å². The van der Waals surface area contributed by atoms with Crippen molar-refractivity contribution >= 4 is 22.6 Å². The van der Waals surface area contributed by atoms with Gasteiger partial charge in [-0.2, -0.15) is 0 Å². The van der Waals surface area contributed by atoms with Gasteiger partial charge in [-0.25, -0.2) is 0 Å². The van der Waals surface area contributed by atoms with Crippen molar-refractivity contribution in [3.63, 3.8) is 0 Å². The SMILES string of the molecule is O=C(Nc1ccccc1)C1=C[C@H](c2coc3ccccc3c2=O)C[C@H](OCc2ccc(CO)cc2)O1. The quantitative estimate of drug-likeness (QED) is 0.390. The second kappa shape index (κ2) is 10.6. The molecule has 36 heavy (non-hydrogen) atoms. The van der Waals surface area contributed by atoms with Crippen LogP contribution in [0.1, 0.15) is 29.0 Å². The summed E-state index contributed by atoms with van der Waals surface area (Å²) in [6, 6.07) is 23.5. The molecule has 0 spiro atoms. The van der Waals surface area contributed by atoms with E-state index in [-0.39, 0.29) is 24.4 Å². The Labute approximate surface area is 207 Å². The fourth-order valence-electron chi connectivity index (χ4n) is 4.13. The van der Waals surface area contributed by atoms with Crippen molar-refractivity contribution in [2.24, 2.45) is 0 Å². The highest BCUT2D eigenvalue weighted by Gasteiger charge is 2.31. The standard InChI is InChI=1S/C29H25NO6/c31-16-19-10-12-20(13-11-19)17-35-27-15-21(24-18-34-25-9-5-4-8-23(25)28(24)32)14-26(36-27)29(33)30-22-6-2-1-3-7-22/h1-14,18,21,27,31H,15-17H2,(H,30,33)/t21-,27+/m0/s1. The molecule has 1 aliphatic heterocycles. The van der Waals surface area contributed by atoms with Gasteiger partial charge >= 0.3 is 0 Å². The van der Waals surface area contributed by atoms with Crippen molar-refractivity contribution < 1.29 is 23.8 Å².